The molecule has 0 amide bonds. The Morgan fingerprint density at radius 1 is 1.00 bits per heavy atom. The Morgan fingerprint density at radius 3 is 2.06 bits per heavy atom. The molecule has 0 fully saturated rings. The van der Waals surface area contributed by atoms with Gasteiger partial charge in [0, 0.05) is 6.42 Å². The van der Waals surface area contributed by atoms with E-state index in [4.69, 9.17) is 5.11 Å². The van der Waals surface area contributed by atoms with Gasteiger partial charge < -0.3 is 5.11 Å². The third-order valence-electron chi connectivity index (χ3n) is 2.40. The van der Waals surface area contributed by atoms with E-state index >= 15 is 0 Å². The fourth-order valence-corrected chi connectivity index (χ4v) is 2.94. The summed E-state index contributed by atoms with van der Waals surface area (Å²) in [5, 5.41) is 8.39. The van der Waals surface area contributed by atoms with Gasteiger partial charge in [-0.05, 0) is 19.3 Å². The highest BCUT2D eigenvalue weighted by Gasteiger charge is 2.10. The van der Waals surface area contributed by atoms with E-state index in [1.807, 2.05) is 0 Å². The Kier molecular flexibility index (Phi) is 8.25. The van der Waals surface area contributed by atoms with Gasteiger partial charge in [0.1, 0.15) is 9.84 Å². The van der Waals surface area contributed by atoms with E-state index in [1.54, 1.807) is 0 Å². The second-order valence-electron chi connectivity index (χ2n) is 4.06. The zero-order chi connectivity index (χ0) is 12.4. The summed E-state index contributed by atoms with van der Waals surface area (Å²) in [6.45, 7) is 2.08. The van der Waals surface area contributed by atoms with Gasteiger partial charge in [-0.3, -0.25) is 4.79 Å². The highest BCUT2D eigenvalue weighted by atomic mass is 32.2. The molecule has 0 radical (unpaired) electrons. The molecule has 0 aromatic carbocycles. The Labute approximate surface area is 98.0 Å². The smallest absolute Gasteiger partial charge is 0.303 e. The standard InChI is InChI=1S/C11H22O4S/c1-2-3-4-6-9-16(14,15)10-7-5-8-11(12)13/h2-10H2,1H3,(H,12,13). The van der Waals surface area contributed by atoms with Crippen molar-refractivity contribution in [1.82, 2.24) is 0 Å². The largest absolute Gasteiger partial charge is 0.481 e. The third kappa shape index (κ3) is 9.96. The molecule has 0 unspecified atom stereocenters. The molecule has 4 nitrogen and oxygen atoms in total. The van der Waals surface area contributed by atoms with E-state index < -0.39 is 15.8 Å². The number of hydrogen-bond donors (Lipinski definition) is 1. The van der Waals surface area contributed by atoms with Gasteiger partial charge in [0.2, 0.25) is 0 Å². The van der Waals surface area contributed by atoms with Crippen molar-refractivity contribution in [2.75, 3.05) is 11.5 Å². The van der Waals surface area contributed by atoms with Crippen molar-refractivity contribution in [3.63, 3.8) is 0 Å². The Hall–Kier alpha value is -0.580. The lowest BCUT2D eigenvalue weighted by atomic mass is 10.2. The second kappa shape index (κ2) is 8.56. The normalized spacial score (nSPS) is 11.6. The number of carbonyl (C=O) groups is 1. The maximum atomic E-state index is 11.5. The predicted octanol–water partition coefficient (Wildman–Crippen LogP) is 2.24. The molecule has 0 aromatic heterocycles. The first-order chi connectivity index (χ1) is 7.48. The van der Waals surface area contributed by atoms with Crippen LogP contribution < -0.4 is 0 Å². The molecule has 0 saturated heterocycles. The lowest BCUT2D eigenvalue weighted by Crippen LogP contribution is -2.11. The van der Waals surface area contributed by atoms with Gasteiger partial charge in [-0.1, -0.05) is 26.2 Å². The molecular weight excluding hydrogens is 228 g/mol. The molecule has 16 heavy (non-hydrogen) atoms. The first-order valence-electron chi connectivity index (χ1n) is 5.90. The topological polar surface area (TPSA) is 71.4 Å². The van der Waals surface area contributed by atoms with Gasteiger partial charge in [0.15, 0.2) is 0 Å². The van der Waals surface area contributed by atoms with Crippen molar-refractivity contribution in [3.05, 3.63) is 0 Å². The average Bonchev–Trinajstić information content (AvgIpc) is 2.19. The summed E-state index contributed by atoms with van der Waals surface area (Å²) >= 11 is 0. The highest BCUT2D eigenvalue weighted by Crippen LogP contribution is 2.05. The summed E-state index contributed by atoms with van der Waals surface area (Å²) in [4.78, 5) is 10.2. The summed E-state index contributed by atoms with van der Waals surface area (Å²) in [5.74, 6) is -0.479. The summed E-state index contributed by atoms with van der Waals surface area (Å²) in [5.41, 5.74) is 0. The van der Waals surface area contributed by atoms with E-state index in [0.717, 1.165) is 25.7 Å². The lowest BCUT2D eigenvalue weighted by molar-refractivity contribution is -0.137. The maximum absolute atomic E-state index is 11.5. The van der Waals surface area contributed by atoms with Crippen LogP contribution >= 0.6 is 0 Å². The number of unbranched alkanes of at least 4 members (excludes halogenated alkanes) is 4. The van der Waals surface area contributed by atoms with Crippen LogP contribution in [-0.4, -0.2) is 31.0 Å². The van der Waals surface area contributed by atoms with Gasteiger partial charge in [-0.15, -0.1) is 0 Å². The Bertz CT molecular complexity index is 282. The van der Waals surface area contributed by atoms with E-state index in [0.29, 0.717) is 12.8 Å². The minimum atomic E-state index is -2.95. The molecule has 96 valence electrons. The van der Waals surface area contributed by atoms with Crippen molar-refractivity contribution in [3.8, 4) is 0 Å². The van der Waals surface area contributed by atoms with Crippen LogP contribution in [0.25, 0.3) is 0 Å². The summed E-state index contributed by atoms with van der Waals surface area (Å²) in [6.07, 6.45) is 4.84. The molecule has 0 bridgehead atoms. The van der Waals surface area contributed by atoms with Crippen LogP contribution in [0.15, 0.2) is 0 Å². The van der Waals surface area contributed by atoms with Crippen LogP contribution in [0.2, 0.25) is 0 Å². The van der Waals surface area contributed by atoms with E-state index in [9.17, 15) is 13.2 Å². The van der Waals surface area contributed by atoms with Gasteiger partial charge in [-0.2, -0.15) is 0 Å². The number of carboxylic acids is 1. The van der Waals surface area contributed by atoms with Crippen molar-refractivity contribution < 1.29 is 18.3 Å². The molecule has 0 atom stereocenters. The maximum Gasteiger partial charge on any atom is 0.303 e. The molecule has 0 aliphatic carbocycles. The molecule has 0 aliphatic heterocycles. The molecular formula is C11H22O4S. The van der Waals surface area contributed by atoms with Gasteiger partial charge in [0.05, 0.1) is 11.5 Å². The van der Waals surface area contributed by atoms with Crippen LogP contribution in [-0.2, 0) is 14.6 Å². The Morgan fingerprint density at radius 2 is 1.56 bits per heavy atom. The average molecular weight is 250 g/mol. The third-order valence-corrected chi connectivity index (χ3v) is 4.23. The predicted molar refractivity (Wildman–Crippen MR) is 64.3 cm³/mol. The summed E-state index contributed by atoms with van der Waals surface area (Å²) in [7, 11) is -2.95. The molecule has 0 heterocycles. The van der Waals surface area contributed by atoms with Crippen LogP contribution in [0.5, 0.6) is 0 Å². The number of sulfone groups is 1. The minimum absolute atomic E-state index is 0.0609. The molecule has 0 spiro atoms. The zero-order valence-corrected chi connectivity index (χ0v) is 10.8. The molecule has 0 aromatic rings. The lowest BCUT2D eigenvalue weighted by Gasteiger charge is -2.03. The van der Waals surface area contributed by atoms with Crippen LogP contribution in [0.3, 0.4) is 0 Å². The number of aliphatic carboxylic acids is 1. The van der Waals surface area contributed by atoms with Crippen molar-refractivity contribution >= 4 is 15.8 Å². The van der Waals surface area contributed by atoms with Crippen molar-refractivity contribution in [2.45, 2.75) is 51.9 Å². The molecule has 0 saturated carbocycles. The molecule has 1 N–H and O–H groups in total. The van der Waals surface area contributed by atoms with Crippen molar-refractivity contribution in [2.24, 2.45) is 0 Å². The van der Waals surface area contributed by atoms with Crippen LogP contribution in [0, 0.1) is 0 Å². The van der Waals surface area contributed by atoms with Crippen molar-refractivity contribution in [1.29, 1.82) is 0 Å². The second-order valence-corrected chi connectivity index (χ2v) is 6.37. The molecule has 0 aliphatic rings. The monoisotopic (exact) mass is 250 g/mol. The molecule has 0 rings (SSSR count). The summed E-state index contributed by atoms with van der Waals surface area (Å²) < 4.78 is 23.0. The van der Waals surface area contributed by atoms with Crippen LogP contribution in [0.4, 0.5) is 0 Å². The Balaban J connectivity index is 3.58. The van der Waals surface area contributed by atoms with E-state index in [-0.39, 0.29) is 17.9 Å². The number of carboxylic acid groups (broad SMARTS) is 1. The SMILES string of the molecule is CCCCCCS(=O)(=O)CCCCC(=O)O. The van der Waals surface area contributed by atoms with Gasteiger partial charge in [-0.25, -0.2) is 8.42 Å². The highest BCUT2D eigenvalue weighted by molar-refractivity contribution is 7.91. The quantitative estimate of drug-likeness (QED) is 0.603. The van der Waals surface area contributed by atoms with Crippen LogP contribution in [0.1, 0.15) is 51.9 Å². The van der Waals surface area contributed by atoms with E-state index in [1.165, 1.54) is 0 Å². The molecule has 5 heteroatoms. The summed E-state index contributed by atoms with van der Waals surface area (Å²) in [6, 6.07) is 0. The van der Waals surface area contributed by atoms with Gasteiger partial charge >= 0.3 is 5.97 Å². The zero-order valence-electron chi connectivity index (χ0n) is 9.94. The first kappa shape index (κ1) is 15.4. The van der Waals surface area contributed by atoms with Gasteiger partial charge in [0.25, 0.3) is 0 Å². The number of rotatable bonds is 10. The fourth-order valence-electron chi connectivity index (χ4n) is 1.45. The van der Waals surface area contributed by atoms with E-state index in [2.05, 4.69) is 6.92 Å². The number of hydrogen-bond acceptors (Lipinski definition) is 3. The first-order valence-corrected chi connectivity index (χ1v) is 7.72. The fraction of sp³-hybridized carbons (Fsp3) is 0.909. The minimum Gasteiger partial charge on any atom is -0.481 e.